The van der Waals surface area contributed by atoms with Crippen LogP contribution >= 0.6 is 7.82 Å². The number of esters is 1. The quantitative estimate of drug-likeness (QED) is 0.0165. The van der Waals surface area contributed by atoms with Crippen molar-refractivity contribution in [1.82, 2.24) is 0 Å². The summed E-state index contributed by atoms with van der Waals surface area (Å²) in [4.78, 5) is 22.7. The van der Waals surface area contributed by atoms with Crippen LogP contribution in [0.15, 0.2) is 24.5 Å². The highest BCUT2D eigenvalue weighted by molar-refractivity contribution is 7.47. The second-order valence-electron chi connectivity index (χ2n) is 16.1. The number of ether oxygens (including phenoxy) is 2. The summed E-state index contributed by atoms with van der Waals surface area (Å²) in [6.07, 6.45) is 43.1. The van der Waals surface area contributed by atoms with Gasteiger partial charge in [0.2, 0.25) is 0 Å². The van der Waals surface area contributed by atoms with E-state index in [9.17, 15) is 14.3 Å². The van der Waals surface area contributed by atoms with Crippen molar-refractivity contribution in [3.05, 3.63) is 24.5 Å². The third-order valence-electron chi connectivity index (χ3n) is 9.60. The Labute approximate surface area is 328 Å². The molecule has 0 radical (unpaired) electrons. The number of hydrogen-bond acceptors (Lipinski definition) is 6. The number of rotatable bonds is 41. The van der Waals surface area contributed by atoms with E-state index in [0.29, 0.717) is 17.4 Å². The molecular weight excluding hydrogens is 685 g/mol. The number of hydrogen-bond donors (Lipinski definition) is 1. The van der Waals surface area contributed by atoms with Crippen LogP contribution in [0.4, 0.5) is 0 Å². The highest BCUT2D eigenvalue weighted by atomic mass is 31.2. The van der Waals surface area contributed by atoms with Gasteiger partial charge in [-0.3, -0.25) is 13.8 Å². The lowest BCUT2D eigenvalue weighted by molar-refractivity contribution is -0.870. The lowest BCUT2D eigenvalue weighted by Crippen LogP contribution is -2.37. The number of unbranched alkanes of at least 4 members (excludes halogenated alkanes) is 25. The molecule has 0 aromatic carbocycles. The van der Waals surface area contributed by atoms with Crippen molar-refractivity contribution in [1.29, 1.82) is 0 Å². The SMILES string of the molecule is CCCCCC/C=C\CCCCCCCCCC(=O)OCC(COP(=O)(O)OCC[N+](C)(C)C)O/C=C\CCCCCCCCCCCCCCCC. The molecule has 2 unspecified atom stereocenters. The Bertz CT molecular complexity index is 905. The van der Waals surface area contributed by atoms with Crippen LogP contribution in [0.3, 0.4) is 0 Å². The van der Waals surface area contributed by atoms with E-state index >= 15 is 0 Å². The molecule has 0 aliphatic carbocycles. The second-order valence-corrected chi connectivity index (χ2v) is 17.6. The van der Waals surface area contributed by atoms with Crippen LogP contribution in [0.5, 0.6) is 0 Å². The first kappa shape index (κ1) is 51.8. The van der Waals surface area contributed by atoms with E-state index in [1.165, 1.54) is 148 Å². The summed E-state index contributed by atoms with van der Waals surface area (Å²) < 4.78 is 34.8. The van der Waals surface area contributed by atoms with Crippen molar-refractivity contribution in [3.63, 3.8) is 0 Å². The number of likely N-dealkylation sites (N-methyl/N-ethyl adjacent to an activating group) is 1. The average molecular weight is 773 g/mol. The van der Waals surface area contributed by atoms with Crippen LogP contribution in [0.25, 0.3) is 0 Å². The molecule has 0 aromatic rings. The summed E-state index contributed by atoms with van der Waals surface area (Å²) in [5.41, 5.74) is 0. The van der Waals surface area contributed by atoms with Gasteiger partial charge in [-0.1, -0.05) is 161 Å². The molecule has 0 spiro atoms. The average Bonchev–Trinajstić information content (AvgIpc) is 3.11. The van der Waals surface area contributed by atoms with Gasteiger partial charge >= 0.3 is 13.8 Å². The molecule has 9 heteroatoms. The third-order valence-corrected chi connectivity index (χ3v) is 10.6. The van der Waals surface area contributed by atoms with Crippen molar-refractivity contribution in [3.8, 4) is 0 Å². The minimum Gasteiger partial charge on any atom is -0.492 e. The fraction of sp³-hybridized carbons (Fsp3) is 0.886. The highest BCUT2D eigenvalue weighted by Crippen LogP contribution is 2.43. The molecule has 8 nitrogen and oxygen atoms in total. The van der Waals surface area contributed by atoms with Gasteiger partial charge in [-0.15, -0.1) is 0 Å². The molecule has 0 saturated heterocycles. The molecule has 0 rings (SSSR count). The van der Waals surface area contributed by atoms with Crippen LogP contribution in [-0.2, 0) is 27.9 Å². The number of quaternary nitrogens is 1. The number of nitrogens with zero attached hydrogens (tertiary/aromatic N) is 1. The largest absolute Gasteiger partial charge is 0.492 e. The summed E-state index contributed by atoms with van der Waals surface area (Å²) in [6, 6.07) is 0. The lowest BCUT2D eigenvalue weighted by atomic mass is 10.0. The monoisotopic (exact) mass is 773 g/mol. The third kappa shape index (κ3) is 41.8. The summed E-state index contributed by atoms with van der Waals surface area (Å²) >= 11 is 0. The fourth-order valence-electron chi connectivity index (χ4n) is 6.06. The van der Waals surface area contributed by atoms with Crippen molar-refractivity contribution in [2.24, 2.45) is 0 Å². The molecule has 314 valence electrons. The Kier molecular flexibility index (Phi) is 36.9. The highest BCUT2D eigenvalue weighted by Gasteiger charge is 2.25. The van der Waals surface area contributed by atoms with Crippen molar-refractivity contribution in [2.45, 2.75) is 206 Å². The number of allylic oxidation sites excluding steroid dienone is 3. The molecule has 0 aliphatic rings. The van der Waals surface area contributed by atoms with E-state index in [1.807, 2.05) is 27.2 Å². The van der Waals surface area contributed by atoms with E-state index in [0.717, 1.165) is 32.1 Å². The molecule has 0 aliphatic heterocycles. The molecule has 0 fully saturated rings. The zero-order chi connectivity index (χ0) is 39.1. The maximum absolute atomic E-state index is 12.5. The Morgan fingerprint density at radius 3 is 1.47 bits per heavy atom. The number of carbonyl (C=O) groups excluding carboxylic acids is 1. The van der Waals surface area contributed by atoms with Crippen LogP contribution in [-0.4, -0.2) is 69.0 Å². The minimum absolute atomic E-state index is 0.0475. The molecule has 1 N–H and O–H groups in total. The van der Waals surface area contributed by atoms with E-state index in [2.05, 4.69) is 26.0 Å². The maximum atomic E-state index is 12.5. The van der Waals surface area contributed by atoms with E-state index < -0.39 is 13.9 Å². The Morgan fingerprint density at radius 2 is 1.00 bits per heavy atom. The van der Waals surface area contributed by atoms with Crippen LogP contribution < -0.4 is 0 Å². The lowest BCUT2D eigenvalue weighted by Gasteiger charge is -2.24. The predicted octanol–water partition coefficient (Wildman–Crippen LogP) is 13.2. The zero-order valence-corrected chi connectivity index (χ0v) is 36.4. The summed E-state index contributed by atoms with van der Waals surface area (Å²) in [6.45, 7) is 4.91. The van der Waals surface area contributed by atoms with Gasteiger partial charge < -0.3 is 18.9 Å². The minimum atomic E-state index is -4.26. The number of phosphoric ester groups is 1. The summed E-state index contributed by atoms with van der Waals surface area (Å²) in [5, 5.41) is 0. The van der Waals surface area contributed by atoms with Gasteiger partial charge in [0.15, 0.2) is 6.10 Å². The predicted molar refractivity (Wildman–Crippen MR) is 224 cm³/mol. The van der Waals surface area contributed by atoms with Gasteiger partial charge in [-0.2, -0.15) is 0 Å². The fourth-order valence-corrected chi connectivity index (χ4v) is 6.80. The van der Waals surface area contributed by atoms with Crippen LogP contribution in [0.1, 0.15) is 200 Å². The van der Waals surface area contributed by atoms with Crippen LogP contribution in [0, 0.1) is 0 Å². The molecule has 0 saturated carbocycles. The Morgan fingerprint density at radius 1 is 0.585 bits per heavy atom. The van der Waals surface area contributed by atoms with E-state index in [-0.39, 0.29) is 25.8 Å². The summed E-state index contributed by atoms with van der Waals surface area (Å²) in [5.74, 6) is -0.280. The first-order valence-electron chi connectivity index (χ1n) is 22.1. The summed E-state index contributed by atoms with van der Waals surface area (Å²) in [7, 11) is 1.68. The first-order chi connectivity index (χ1) is 25.6. The molecule has 0 heterocycles. The van der Waals surface area contributed by atoms with Crippen LogP contribution in [0.2, 0.25) is 0 Å². The van der Waals surface area contributed by atoms with E-state index in [1.54, 1.807) is 6.26 Å². The Hall–Kier alpha value is -1.18. The standard InChI is InChI=1S/C44H86NO7P/c1-6-8-10-12-14-16-18-20-22-24-26-28-30-32-34-36-39-49-43(42-52-53(47,48)51-40-38-45(3,4)5)41-50-44(46)37-35-33-31-29-27-25-23-21-19-17-15-13-11-9-7-2/h17,19,36,39,43H,6-16,18,20-35,37-38,40-42H2,1-5H3/p+1/b19-17-,39-36-. The van der Waals surface area contributed by atoms with Gasteiger partial charge in [0.25, 0.3) is 0 Å². The molecule has 2 atom stereocenters. The van der Waals surface area contributed by atoms with Gasteiger partial charge in [-0.25, -0.2) is 4.57 Å². The smallest absolute Gasteiger partial charge is 0.472 e. The maximum Gasteiger partial charge on any atom is 0.472 e. The molecular formula is C44H87NO7P+. The molecule has 53 heavy (non-hydrogen) atoms. The van der Waals surface area contributed by atoms with Gasteiger partial charge in [0.05, 0.1) is 34.0 Å². The molecule has 0 amide bonds. The normalized spacial score (nSPS) is 13.9. The van der Waals surface area contributed by atoms with Crippen molar-refractivity contribution in [2.75, 3.05) is 47.5 Å². The molecule has 0 bridgehead atoms. The Balaban J connectivity index is 4.27. The number of phosphoric acid groups is 1. The van der Waals surface area contributed by atoms with Gasteiger partial charge in [0.1, 0.15) is 19.8 Å². The molecule has 0 aromatic heterocycles. The first-order valence-corrected chi connectivity index (χ1v) is 23.6. The van der Waals surface area contributed by atoms with Gasteiger partial charge in [-0.05, 0) is 51.0 Å². The van der Waals surface area contributed by atoms with Gasteiger partial charge in [0, 0.05) is 6.42 Å². The van der Waals surface area contributed by atoms with E-state index in [4.69, 9.17) is 18.5 Å². The van der Waals surface area contributed by atoms with Crippen molar-refractivity contribution >= 4 is 13.8 Å². The topological polar surface area (TPSA) is 91.3 Å². The second kappa shape index (κ2) is 37.7. The zero-order valence-electron chi connectivity index (χ0n) is 35.5. The van der Waals surface area contributed by atoms with Crippen molar-refractivity contribution < 1.29 is 37.3 Å². The number of carbonyl (C=O) groups is 1.